The summed E-state index contributed by atoms with van der Waals surface area (Å²) in [4.78, 5) is 12.6. The molecule has 3 atom stereocenters. The Labute approximate surface area is 139 Å². The van der Waals surface area contributed by atoms with Crippen molar-refractivity contribution in [2.45, 2.75) is 45.4 Å². The van der Waals surface area contributed by atoms with Gasteiger partial charge in [0.2, 0.25) is 5.91 Å². The number of allylic oxidation sites excluding steroid dienone is 4. The number of hydrogen-bond donors (Lipinski definition) is 1. The fourth-order valence-corrected chi connectivity index (χ4v) is 3.81. The Bertz CT molecular complexity index is 578. The van der Waals surface area contributed by atoms with Crippen molar-refractivity contribution in [3.05, 3.63) is 54.1 Å². The number of fused-ring (bicyclic) bond motifs is 1. The number of nitrogens with one attached hydrogen (secondary N) is 1. The Morgan fingerprint density at radius 1 is 0.957 bits per heavy atom. The summed E-state index contributed by atoms with van der Waals surface area (Å²) >= 11 is 0. The molecule has 0 aliphatic heterocycles. The van der Waals surface area contributed by atoms with Crippen LogP contribution >= 0.6 is 0 Å². The maximum absolute atomic E-state index is 12.6. The lowest BCUT2D eigenvalue weighted by Gasteiger charge is -2.05. The van der Waals surface area contributed by atoms with Crippen molar-refractivity contribution in [1.82, 2.24) is 0 Å². The second-order valence-corrected chi connectivity index (χ2v) is 6.89. The van der Waals surface area contributed by atoms with Crippen molar-refractivity contribution in [2.75, 3.05) is 5.32 Å². The van der Waals surface area contributed by atoms with Crippen molar-refractivity contribution < 1.29 is 4.79 Å². The van der Waals surface area contributed by atoms with E-state index in [0.717, 1.165) is 44.2 Å². The molecule has 1 N–H and O–H groups in total. The predicted molar refractivity (Wildman–Crippen MR) is 96.3 cm³/mol. The van der Waals surface area contributed by atoms with E-state index >= 15 is 0 Å². The third-order valence-corrected chi connectivity index (χ3v) is 5.09. The van der Waals surface area contributed by atoms with Crippen LogP contribution in [0.3, 0.4) is 0 Å². The Morgan fingerprint density at radius 3 is 2.17 bits per heavy atom. The molecule has 122 valence electrons. The number of aryl methyl sites for hydroxylation is 1. The van der Waals surface area contributed by atoms with Crippen LogP contribution in [0, 0.1) is 24.7 Å². The molecule has 2 aliphatic carbocycles. The van der Waals surface area contributed by atoms with Gasteiger partial charge in [0, 0.05) is 11.6 Å². The number of rotatable bonds is 2. The quantitative estimate of drug-likeness (QED) is 0.742. The first-order valence-electron chi connectivity index (χ1n) is 8.93. The SMILES string of the molecule is Cc1cccc(NC(=O)C2C3CCC=CCC/C=C/CCC32)c1. The third-order valence-electron chi connectivity index (χ3n) is 5.09. The minimum Gasteiger partial charge on any atom is -0.326 e. The lowest BCUT2D eigenvalue weighted by Crippen LogP contribution is -2.15. The van der Waals surface area contributed by atoms with Gasteiger partial charge in [-0.25, -0.2) is 0 Å². The Morgan fingerprint density at radius 2 is 1.57 bits per heavy atom. The fourth-order valence-electron chi connectivity index (χ4n) is 3.81. The molecule has 0 spiro atoms. The van der Waals surface area contributed by atoms with Gasteiger partial charge in [-0.2, -0.15) is 0 Å². The first kappa shape index (κ1) is 16.0. The standard InChI is InChI=1S/C21H27NO/c1-16-11-10-12-17(15-16)22-21(23)20-18-13-8-6-4-2-3-5-7-9-14-19(18)20/h4-7,10-12,15,18-20H,2-3,8-9,13-14H2,1H3,(H,22,23)/b6-4+,7-5?. The average molecular weight is 309 g/mol. The number of carbonyl (C=O) groups excluding carboxylic acids is 1. The van der Waals surface area contributed by atoms with Crippen molar-refractivity contribution in [3.8, 4) is 0 Å². The monoisotopic (exact) mass is 309 g/mol. The van der Waals surface area contributed by atoms with E-state index in [0.29, 0.717) is 11.8 Å². The first-order valence-corrected chi connectivity index (χ1v) is 8.93. The third kappa shape index (κ3) is 4.34. The second kappa shape index (κ2) is 7.63. The molecule has 1 aromatic carbocycles. The number of anilines is 1. The molecule has 1 saturated carbocycles. The van der Waals surface area contributed by atoms with Gasteiger partial charge < -0.3 is 5.32 Å². The fraction of sp³-hybridized carbons (Fsp3) is 0.476. The zero-order valence-electron chi connectivity index (χ0n) is 14.0. The Balaban J connectivity index is 1.61. The van der Waals surface area contributed by atoms with Gasteiger partial charge in [-0.3, -0.25) is 4.79 Å². The van der Waals surface area contributed by atoms with Gasteiger partial charge in [-0.15, -0.1) is 0 Å². The van der Waals surface area contributed by atoms with E-state index in [1.807, 2.05) is 18.2 Å². The summed E-state index contributed by atoms with van der Waals surface area (Å²) in [5.74, 6) is 1.56. The van der Waals surface area contributed by atoms with Gasteiger partial charge in [-0.05, 0) is 75.0 Å². The molecule has 1 amide bonds. The van der Waals surface area contributed by atoms with Crippen molar-refractivity contribution >= 4 is 11.6 Å². The molecule has 3 rings (SSSR count). The summed E-state index contributed by atoms with van der Waals surface area (Å²) in [5.41, 5.74) is 2.11. The lowest BCUT2D eigenvalue weighted by atomic mass is 10.1. The van der Waals surface area contributed by atoms with Crippen LogP contribution in [0.25, 0.3) is 0 Å². The highest BCUT2D eigenvalue weighted by atomic mass is 16.2. The van der Waals surface area contributed by atoms with Gasteiger partial charge in [0.05, 0.1) is 0 Å². The highest BCUT2D eigenvalue weighted by molar-refractivity contribution is 5.94. The normalized spacial score (nSPS) is 28.8. The summed E-state index contributed by atoms with van der Waals surface area (Å²) in [6, 6.07) is 8.07. The van der Waals surface area contributed by atoms with Gasteiger partial charge in [-0.1, -0.05) is 36.4 Å². The van der Waals surface area contributed by atoms with E-state index < -0.39 is 0 Å². The molecular weight excluding hydrogens is 282 g/mol. The van der Waals surface area contributed by atoms with Crippen LogP contribution in [-0.2, 0) is 4.79 Å². The zero-order chi connectivity index (χ0) is 16.1. The van der Waals surface area contributed by atoms with Gasteiger partial charge in [0.25, 0.3) is 0 Å². The Kier molecular flexibility index (Phi) is 5.32. The number of hydrogen-bond acceptors (Lipinski definition) is 1. The molecule has 0 aromatic heterocycles. The molecular formula is C21H27NO. The van der Waals surface area contributed by atoms with Crippen LogP contribution in [0.4, 0.5) is 5.69 Å². The topological polar surface area (TPSA) is 29.1 Å². The van der Waals surface area contributed by atoms with Crippen molar-refractivity contribution in [3.63, 3.8) is 0 Å². The molecule has 23 heavy (non-hydrogen) atoms. The van der Waals surface area contributed by atoms with Gasteiger partial charge in [0.1, 0.15) is 0 Å². The average Bonchev–Trinajstić information content (AvgIpc) is 3.20. The molecule has 0 bridgehead atoms. The van der Waals surface area contributed by atoms with Crippen LogP contribution in [0.1, 0.15) is 44.1 Å². The van der Waals surface area contributed by atoms with E-state index in [1.54, 1.807) is 0 Å². The summed E-state index contributed by atoms with van der Waals surface area (Å²) in [6.45, 7) is 2.05. The smallest absolute Gasteiger partial charge is 0.228 e. The lowest BCUT2D eigenvalue weighted by molar-refractivity contribution is -0.117. The van der Waals surface area contributed by atoms with E-state index in [9.17, 15) is 4.79 Å². The first-order chi connectivity index (χ1) is 11.3. The maximum Gasteiger partial charge on any atom is 0.228 e. The van der Waals surface area contributed by atoms with E-state index in [-0.39, 0.29) is 11.8 Å². The number of benzene rings is 1. The van der Waals surface area contributed by atoms with Gasteiger partial charge >= 0.3 is 0 Å². The van der Waals surface area contributed by atoms with Crippen LogP contribution in [-0.4, -0.2) is 5.91 Å². The highest BCUT2D eigenvalue weighted by Crippen LogP contribution is 2.52. The summed E-state index contributed by atoms with van der Waals surface area (Å²) in [7, 11) is 0. The molecule has 2 nitrogen and oxygen atoms in total. The Hall–Kier alpha value is -1.83. The largest absolute Gasteiger partial charge is 0.326 e. The van der Waals surface area contributed by atoms with Crippen molar-refractivity contribution in [1.29, 1.82) is 0 Å². The zero-order valence-corrected chi connectivity index (χ0v) is 14.0. The molecule has 0 heterocycles. The maximum atomic E-state index is 12.6. The second-order valence-electron chi connectivity index (χ2n) is 6.89. The van der Waals surface area contributed by atoms with Crippen molar-refractivity contribution in [2.24, 2.45) is 17.8 Å². The minimum absolute atomic E-state index is 0.207. The number of carbonyl (C=O) groups is 1. The van der Waals surface area contributed by atoms with Crippen LogP contribution < -0.4 is 5.32 Å². The van der Waals surface area contributed by atoms with E-state index in [1.165, 1.54) is 5.56 Å². The molecule has 1 fully saturated rings. The highest BCUT2D eigenvalue weighted by Gasteiger charge is 2.52. The number of amides is 1. The molecule has 2 heteroatoms. The van der Waals surface area contributed by atoms with Gasteiger partial charge in [0.15, 0.2) is 0 Å². The van der Waals surface area contributed by atoms with Crippen LogP contribution in [0.15, 0.2) is 48.6 Å². The van der Waals surface area contributed by atoms with Crippen LogP contribution in [0.5, 0.6) is 0 Å². The molecule has 0 saturated heterocycles. The molecule has 1 aromatic rings. The van der Waals surface area contributed by atoms with E-state index in [2.05, 4.69) is 42.6 Å². The predicted octanol–water partition coefficient (Wildman–Crippen LogP) is 5.26. The van der Waals surface area contributed by atoms with E-state index in [4.69, 9.17) is 0 Å². The summed E-state index contributed by atoms with van der Waals surface area (Å²) in [6.07, 6.45) is 16.0. The molecule has 3 unspecified atom stereocenters. The molecule has 0 radical (unpaired) electrons. The minimum atomic E-state index is 0.207. The summed E-state index contributed by atoms with van der Waals surface area (Å²) in [5, 5.41) is 3.12. The van der Waals surface area contributed by atoms with Crippen LogP contribution in [0.2, 0.25) is 0 Å². The summed E-state index contributed by atoms with van der Waals surface area (Å²) < 4.78 is 0. The molecule has 2 aliphatic rings.